The lowest BCUT2D eigenvalue weighted by Crippen LogP contribution is -1.89. The lowest BCUT2D eigenvalue weighted by molar-refractivity contribution is 0.550. The van der Waals surface area contributed by atoms with E-state index >= 15 is 0 Å². The van der Waals surface area contributed by atoms with Crippen LogP contribution >= 0.6 is 0 Å². The molecular weight excluding hydrogens is 324 g/mol. The first kappa shape index (κ1) is 19.9. The summed E-state index contributed by atoms with van der Waals surface area (Å²) in [5.41, 5.74) is 1.52. The third-order valence-corrected chi connectivity index (χ3v) is 5.89. The molecule has 0 heterocycles. The minimum atomic E-state index is 1.21. The van der Waals surface area contributed by atoms with Crippen LogP contribution < -0.4 is 0 Å². The fraction of sp³-hybridized carbons (Fsp3) is 0.481. The maximum atomic E-state index is 2.39. The van der Waals surface area contributed by atoms with Gasteiger partial charge in [-0.25, -0.2) is 0 Å². The van der Waals surface area contributed by atoms with Gasteiger partial charge in [0, 0.05) is 0 Å². The molecule has 0 atom stereocenters. The Bertz CT molecular complexity index is 815. The molecule has 0 spiro atoms. The number of benzene rings is 3. The minimum absolute atomic E-state index is 1.21. The Morgan fingerprint density at radius 2 is 1.07 bits per heavy atom. The second-order valence-corrected chi connectivity index (χ2v) is 8.12. The van der Waals surface area contributed by atoms with E-state index in [9.17, 15) is 0 Å². The Morgan fingerprint density at radius 1 is 0.519 bits per heavy atom. The van der Waals surface area contributed by atoms with Crippen LogP contribution in [0.2, 0.25) is 0 Å². The first-order chi connectivity index (χ1) is 13.4. The summed E-state index contributed by atoms with van der Waals surface area (Å²) in [5, 5.41) is 5.53. The molecule has 0 saturated heterocycles. The van der Waals surface area contributed by atoms with Gasteiger partial charge < -0.3 is 0 Å². The van der Waals surface area contributed by atoms with E-state index in [1.165, 1.54) is 104 Å². The fourth-order valence-electron chi connectivity index (χ4n) is 4.23. The third-order valence-electron chi connectivity index (χ3n) is 5.89. The molecule has 0 unspecified atom stereocenters. The molecule has 0 aliphatic rings. The normalized spacial score (nSPS) is 11.4. The monoisotopic (exact) mass is 360 g/mol. The predicted molar refractivity (Wildman–Crippen MR) is 122 cm³/mol. The molecule has 144 valence electrons. The highest BCUT2D eigenvalue weighted by molar-refractivity contribution is 5.99. The summed E-state index contributed by atoms with van der Waals surface area (Å²) < 4.78 is 0. The quantitative estimate of drug-likeness (QED) is 0.223. The van der Waals surface area contributed by atoms with Crippen LogP contribution in [0.25, 0.3) is 21.5 Å². The molecule has 0 radical (unpaired) electrons. The van der Waals surface area contributed by atoms with Crippen LogP contribution in [0.3, 0.4) is 0 Å². The third kappa shape index (κ3) is 6.09. The zero-order valence-electron chi connectivity index (χ0n) is 17.2. The van der Waals surface area contributed by atoms with Crippen molar-refractivity contribution in [3.05, 3.63) is 60.2 Å². The Balaban J connectivity index is 1.41. The average Bonchev–Trinajstić information content (AvgIpc) is 2.70. The Morgan fingerprint density at radius 3 is 1.74 bits per heavy atom. The average molecular weight is 361 g/mol. The summed E-state index contributed by atoms with van der Waals surface area (Å²) >= 11 is 0. The Kier molecular flexibility index (Phi) is 8.21. The van der Waals surface area contributed by atoms with E-state index in [0.717, 1.165) is 0 Å². The maximum Gasteiger partial charge on any atom is -0.0146 e. The van der Waals surface area contributed by atoms with E-state index in [0.29, 0.717) is 0 Å². The van der Waals surface area contributed by atoms with Crippen LogP contribution in [0.15, 0.2) is 54.6 Å². The maximum absolute atomic E-state index is 2.39. The number of hydrogen-bond acceptors (Lipinski definition) is 0. The summed E-state index contributed by atoms with van der Waals surface area (Å²) in [6.45, 7) is 2.29. The van der Waals surface area contributed by atoms with Crippen molar-refractivity contribution < 1.29 is 0 Å². The van der Waals surface area contributed by atoms with Crippen molar-refractivity contribution in [3.8, 4) is 0 Å². The van der Waals surface area contributed by atoms with Gasteiger partial charge in [0.25, 0.3) is 0 Å². The zero-order chi connectivity index (χ0) is 18.7. The van der Waals surface area contributed by atoms with Gasteiger partial charge in [-0.15, -0.1) is 0 Å². The molecule has 0 heteroatoms. The van der Waals surface area contributed by atoms with Crippen LogP contribution in [0.4, 0.5) is 0 Å². The first-order valence-electron chi connectivity index (χ1n) is 11.3. The van der Waals surface area contributed by atoms with Crippen molar-refractivity contribution in [3.63, 3.8) is 0 Å². The highest BCUT2D eigenvalue weighted by Gasteiger charge is 2.03. The number of hydrogen-bond donors (Lipinski definition) is 0. The zero-order valence-corrected chi connectivity index (χ0v) is 17.2. The molecule has 27 heavy (non-hydrogen) atoms. The second kappa shape index (κ2) is 11.1. The van der Waals surface area contributed by atoms with Crippen LogP contribution in [-0.2, 0) is 6.42 Å². The highest BCUT2D eigenvalue weighted by atomic mass is 14.1. The van der Waals surface area contributed by atoms with Gasteiger partial charge >= 0.3 is 0 Å². The van der Waals surface area contributed by atoms with Crippen LogP contribution in [-0.4, -0.2) is 0 Å². The van der Waals surface area contributed by atoms with Gasteiger partial charge in [0.2, 0.25) is 0 Å². The van der Waals surface area contributed by atoms with E-state index in [2.05, 4.69) is 61.5 Å². The van der Waals surface area contributed by atoms with E-state index < -0.39 is 0 Å². The van der Waals surface area contributed by atoms with Crippen molar-refractivity contribution in [2.45, 2.75) is 84.0 Å². The predicted octanol–water partition coefficient (Wildman–Crippen LogP) is 8.85. The highest BCUT2D eigenvalue weighted by Crippen LogP contribution is 2.26. The Hall–Kier alpha value is -1.82. The van der Waals surface area contributed by atoms with Gasteiger partial charge in [0.15, 0.2) is 0 Å². The minimum Gasteiger partial charge on any atom is -0.0654 e. The van der Waals surface area contributed by atoms with Crippen LogP contribution in [0.5, 0.6) is 0 Å². The van der Waals surface area contributed by atoms with E-state index in [1.807, 2.05) is 0 Å². The van der Waals surface area contributed by atoms with Gasteiger partial charge in [-0.3, -0.25) is 0 Å². The number of aryl methyl sites for hydroxylation is 1. The van der Waals surface area contributed by atoms with Gasteiger partial charge in [0.05, 0.1) is 0 Å². The molecule has 3 aromatic carbocycles. The summed E-state index contributed by atoms with van der Waals surface area (Å²) in [5.74, 6) is 0. The fourth-order valence-corrected chi connectivity index (χ4v) is 4.23. The topological polar surface area (TPSA) is 0 Å². The molecule has 0 amide bonds. The van der Waals surface area contributed by atoms with E-state index in [-0.39, 0.29) is 0 Å². The van der Waals surface area contributed by atoms with Crippen molar-refractivity contribution in [1.82, 2.24) is 0 Å². The van der Waals surface area contributed by atoms with Gasteiger partial charge in [-0.2, -0.15) is 0 Å². The molecule has 0 aliphatic heterocycles. The van der Waals surface area contributed by atoms with Gasteiger partial charge in [-0.1, -0.05) is 114 Å². The second-order valence-electron chi connectivity index (χ2n) is 8.12. The summed E-state index contributed by atoms with van der Waals surface area (Å²) in [6.07, 6.45) is 16.7. The molecule has 3 aromatic rings. The summed E-state index contributed by atoms with van der Waals surface area (Å²) in [4.78, 5) is 0. The van der Waals surface area contributed by atoms with Gasteiger partial charge in [-0.05, 0) is 52.1 Å². The number of unbranched alkanes of at least 4 members (excludes halogenated alkanes) is 10. The molecular formula is C27H36. The number of rotatable bonds is 12. The van der Waals surface area contributed by atoms with E-state index in [4.69, 9.17) is 0 Å². The van der Waals surface area contributed by atoms with Crippen molar-refractivity contribution in [1.29, 1.82) is 0 Å². The molecule has 0 bridgehead atoms. The first-order valence-corrected chi connectivity index (χ1v) is 11.3. The SMILES string of the molecule is CCCCCCCCCCCCCc1cccc2cc3ccccc3cc12. The smallest absolute Gasteiger partial charge is 0.0146 e. The van der Waals surface area contributed by atoms with Crippen LogP contribution in [0, 0.1) is 0 Å². The lowest BCUT2D eigenvalue weighted by Gasteiger charge is -2.09. The molecule has 3 rings (SSSR count). The van der Waals surface area contributed by atoms with E-state index in [1.54, 1.807) is 0 Å². The molecule has 0 fully saturated rings. The molecule has 0 nitrogen and oxygen atoms in total. The lowest BCUT2D eigenvalue weighted by atomic mass is 9.96. The van der Waals surface area contributed by atoms with Crippen molar-refractivity contribution in [2.24, 2.45) is 0 Å². The van der Waals surface area contributed by atoms with Gasteiger partial charge in [0.1, 0.15) is 0 Å². The van der Waals surface area contributed by atoms with Crippen LogP contribution in [0.1, 0.15) is 83.1 Å². The summed E-state index contributed by atoms with van der Waals surface area (Å²) in [6, 6.07) is 20.3. The molecule has 0 N–H and O–H groups in total. The molecule has 0 aromatic heterocycles. The largest absolute Gasteiger partial charge is 0.0654 e. The molecule has 0 saturated carbocycles. The Labute approximate surface area is 166 Å². The van der Waals surface area contributed by atoms with Crippen molar-refractivity contribution in [2.75, 3.05) is 0 Å². The van der Waals surface area contributed by atoms with Crippen molar-refractivity contribution >= 4 is 21.5 Å². The summed E-state index contributed by atoms with van der Waals surface area (Å²) in [7, 11) is 0. The number of fused-ring (bicyclic) bond motifs is 2. The molecule has 0 aliphatic carbocycles. The standard InChI is InChI=1S/C27H36/c1-2-3-4-5-6-7-8-9-10-11-12-16-23-19-15-20-26-21-24-17-13-14-18-25(24)22-27(23)26/h13-15,17-22H,2-12,16H2,1H3.